The lowest BCUT2D eigenvalue weighted by Gasteiger charge is -2.25. The summed E-state index contributed by atoms with van der Waals surface area (Å²) in [5, 5.41) is 2.71. The molecule has 1 aromatic heterocycles. The predicted octanol–water partition coefficient (Wildman–Crippen LogP) is 3.90. The minimum atomic E-state index is -4.80. The normalized spacial score (nSPS) is 18.5. The third-order valence-electron chi connectivity index (χ3n) is 5.89. The van der Waals surface area contributed by atoms with Gasteiger partial charge < -0.3 is 10.1 Å². The molecule has 37 heavy (non-hydrogen) atoms. The van der Waals surface area contributed by atoms with Gasteiger partial charge in [0.15, 0.2) is 0 Å². The van der Waals surface area contributed by atoms with E-state index >= 15 is 0 Å². The van der Waals surface area contributed by atoms with Crippen LogP contribution in [0.3, 0.4) is 0 Å². The van der Waals surface area contributed by atoms with E-state index in [1.165, 1.54) is 18.5 Å². The third-order valence-corrected chi connectivity index (χ3v) is 7.79. The summed E-state index contributed by atoms with van der Waals surface area (Å²) < 4.78 is 81.6. The molecule has 196 valence electrons. The Labute approximate surface area is 210 Å². The van der Waals surface area contributed by atoms with Gasteiger partial charge >= 0.3 is 6.36 Å². The molecule has 8 nitrogen and oxygen atoms in total. The summed E-state index contributed by atoms with van der Waals surface area (Å²) in [6.07, 6.45) is -3.07. The van der Waals surface area contributed by atoms with Crippen LogP contribution in [0.25, 0.3) is 11.3 Å². The molecule has 13 heteroatoms. The third kappa shape index (κ3) is 6.23. The lowest BCUT2D eigenvalue weighted by Crippen LogP contribution is -2.47. The Morgan fingerprint density at radius 3 is 2.43 bits per heavy atom. The molecule has 0 aliphatic carbocycles. The van der Waals surface area contributed by atoms with E-state index in [0.29, 0.717) is 23.4 Å². The largest absolute Gasteiger partial charge is 0.573 e. The molecule has 3 aromatic rings. The summed E-state index contributed by atoms with van der Waals surface area (Å²) in [5.74, 6) is -1.71. The lowest BCUT2D eigenvalue weighted by molar-refractivity contribution is -0.274. The molecule has 1 saturated heterocycles. The Balaban J connectivity index is 1.45. The first kappa shape index (κ1) is 26.5. The van der Waals surface area contributed by atoms with Crippen LogP contribution < -0.4 is 10.1 Å². The number of carbonyl (C=O) groups excluding carboxylic acids is 1. The quantitative estimate of drug-likeness (QED) is 0.458. The molecule has 1 N–H and O–H groups in total. The zero-order valence-electron chi connectivity index (χ0n) is 19.4. The minimum Gasteiger partial charge on any atom is -0.406 e. The fourth-order valence-corrected chi connectivity index (χ4v) is 5.77. The smallest absolute Gasteiger partial charge is 0.406 e. The van der Waals surface area contributed by atoms with E-state index in [9.17, 15) is 30.8 Å². The van der Waals surface area contributed by atoms with Crippen LogP contribution >= 0.6 is 0 Å². The number of alkyl halides is 3. The molecule has 4 rings (SSSR count). The van der Waals surface area contributed by atoms with E-state index in [-0.39, 0.29) is 29.7 Å². The number of hydrogen-bond acceptors (Lipinski definition) is 6. The van der Waals surface area contributed by atoms with Crippen molar-refractivity contribution < 1.29 is 35.5 Å². The van der Waals surface area contributed by atoms with Gasteiger partial charge in [-0.1, -0.05) is 6.92 Å². The molecular weight excluding hydrogens is 516 g/mol. The van der Waals surface area contributed by atoms with Gasteiger partial charge in [-0.25, -0.2) is 22.8 Å². The average Bonchev–Trinajstić information content (AvgIpc) is 3.25. The SMILES string of the molecule is C[C@H]1CCN(S(=O)(=O)c2ccc(F)cc2)[C@@H]1C(=O)NCc1cc(-c2ccc(OC(F)(F)F)cc2)ncn1. The van der Waals surface area contributed by atoms with Crippen LogP contribution in [0.15, 0.2) is 65.8 Å². The van der Waals surface area contributed by atoms with Crippen molar-refractivity contribution in [2.24, 2.45) is 5.92 Å². The van der Waals surface area contributed by atoms with Gasteiger partial charge in [0.2, 0.25) is 15.9 Å². The molecule has 0 radical (unpaired) electrons. The number of hydrogen-bond donors (Lipinski definition) is 1. The van der Waals surface area contributed by atoms with Gasteiger partial charge in [0.25, 0.3) is 0 Å². The molecule has 0 saturated carbocycles. The highest BCUT2D eigenvalue weighted by atomic mass is 32.2. The number of aromatic nitrogens is 2. The Morgan fingerprint density at radius 2 is 1.78 bits per heavy atom. The van der Waals surface area contributed by atoms with Gasteiger partial charge in [-0.15, -0.1) is 13.2 Å². The number of halogens is 4. The maximum atomic E-state index is 13.3. The van der Waals surface area contributed by atoms with Crippen LogP contribution in [0.1, 0.15) is 19.0 Å². The van der Waals surface area contributed by atoms with E-state index in [1.807, 2.05) is 0 Å². The standard InChI is InChI=1S/C24H22F4N4O4S/c1-15-10-11-32(37(34,35)20-8-4-17(25)5-9-20)22(15)23(33)29-13-18-12-21(31-14-30-18)16-2-6-19(7-3-16)36-24(26,27)28/h2-9,12,14-15,22H,10-11,13H2,1H3,(H,29,33)/t15-,22-/m0/s1. The Hall–Kier alpha value is -3.58. The first-order chi connectivity index (χ1) is 17.4. The highest BCUT2D eigenvalue weighted by Crippen LogP contribution is 2.31. The fourth-order valence-electron chi connectivity index (χ4n) is 4.07. The zero-order chi connectivity index (χ0) is 26.8. The lowest BCUT2D eigenvalue weighted by atomic mass is 10.0. The number of amides is 1. The first-order valence-corrected chi connectivity index (χ1v) is 12.6. The predicted molar refractivity (Wildman–Crippen MR) is 124 cm³/mol. The van der Waals surface area contributed by atoms with E-state index in [4.69, 9.17) is 0 Å². The van der Waals surface area contributed by atoms with Crippen LogP contribution in [0, 0.1) is 11.7 Å². The molecule has 1 amide bonds. The molecular formula is C24H22F4N4O4S. The first-order valence-electron chi connectivity index (χ1n) is 11.2. The van der Waals surface area contributed by atoms with Gasteiger partial charge in [0.05, 0.1) is 22.8 Å². The second kappa shape index (κ2) is 10.4. The van der Waals surface area contributed by atoms with Crippen LogP contribution in [0.2, 0.25) is 0 Å². The van der Waals surface area contributed by atoms with Crippen molar-refractivity contribution in [2.45, 2.75) is 37.2 Å². The van der Waals surface area contributed by atoms with Crippen molar-refractivity contribution in [2.75, 3.05) is 6.54 Å². The fraction of sp³-hybridized carbons (Fsp3) is 0.292. The molecule has 1 aliphatic rings. The minimum absolute atomic E-state index is 0.0305. The van der Waals surface area contributed by atoms with E-state index < -0.39 is 34.2 Å². The Bertz CT molecular complexity index is 1370. The molecule has 1 fully saturated rings. The maximum absolute atomic E-state index is 13.3. The van der Waals surface area contributed by atoms with Crippen molar-refractivity contribution in [3.05, 3.63) is 72.4 Å². The summed E-state index contributed by atoms with van der Waals surface area (Å²) >= 11 is 0. The van der Waals surface area contributed by atoms with Crippen LogP contribution in [0.4, 0.5) is 17.6 Å². The molecule has 2 aromatic carbocycles. The summed E-state index contributed by atoms with van der Waals surface area (Å²) in [6.45, 7) is 1.89. The van der Waals surface area contributed by atoms with Gasteiger partial charge in [0, 0.05) is 12.1 Å². The number of rotatable bonds is 7. The topological polar surface area (TPSA) is 101 Å². The molecule has 2 atom stereocenters. The maximum Gasteiger partial charge on any atom is 0.573 e. The summed E-state index contributed by atoms with van der Waals surface area (Å²) in [7, 11) is -4.02. The van der Waals surface area contributed by atoms with Crippen LogP contribution in [-0.4, -0.2) is 47.5 Å². The number of benzene rings is 2. The number of nitrogens with zero attached hydrogens (tertiary/aromatic N) is 3. The highest BCUT2D eigenvalue weighted by Gasteiger charge is 2.43. The van der Waals surface area contributed by atoms with Crippen LogP contribution in [0.5, 0.6) is 5.75 Å². The number of nitrogens with one attached hydrogen (secondary N) is 1. The molecule has 0 unspecified atom stereocenters. The second-order valence-electron chi connectivity index (χ2n) is 8.47. The van der Waals surface area contributed by atoms with Crippen molar-refractivity contribution in [1.29, 1.82) is 0 Å². The van der Waals surface area contributed by atoms with Crippen molar-refractivity contribution in [3.63, 3.8) is 0 Å². The van der Waals surface area contributed by atoms with E-state index in [0.717, 1.165) is 40.7 Å². The molecule has 1 aliphatic heterocycles. The van der Waals surface area contributed by atoms with E-state index in [2.05, 4.69) is 20.0 Å². The average molecular weight is 539 g/mol. The zero-order valence-corrected chi connectivity index (χ0v) is 20.3. The summed E-state index contributed by atoms with van der Waals surface area (Å²) in [4.78, 5) is 21.2. The molecule has 0 bridgehead atoms. The Morgan fingerprint density at radius 1 is 1.11 bits per heavy atom. The highest BCUT2D eigenvalue weighted by molar-refractivity contribution is 7.89. The monoisotopic (exact) mass is 538 g/mol. The Kier molecular flexibility index (Phi) is 7.46. The molecule has 2 heterocycles. The van der Waals surface area contributed by atoms with Crippen LogP contribution in [-0.2, 0) is 21.4 Å². The van der Waals surface area contributed by atoms with Gasteiger partial charge in [-0.2, -0.15) is 4.31 Å². The van der Waals surface area contributed by atoms with Crippen molar-refractivity contribution in [3.8, 4) is 17.0 Å². The van der Waals surface area contributed by atoms with Gasteiger partial charge in [-0.05, 0) is 66.9 Å². The number of sulfonamides is 1. The van der Waals surface area contributed by atoms with Crippen molar-refractivity contribution in [1.82, 2.24) is 19.6 Å². The van der Waals surface area contributed by atoms with Crippen molar-refractivity contribution >= 4 is 15.9 Å². The summed E-state index contributed by atoms with van der Waals surface area (Å²) in [6, 6.07) is 10.1. The molecule has 0 spiro atoms. The second-order valence-corrected chi connectivity index (χ2v) is 10.4. The number of carbonyl (C=O) groups is 1. The summed E-state index contributed by atoms with van der Waals surface area (Å²) in [5.41, 5.74) is 1.32. The number of ether oxygens (including phenoxy) is 1. The van der Waals surface area contributed by atoms with E-state index in [1.54, 1.807) is 13.0 Å². The van der Waals surface area contributed by atoms with Gasteiger partial charge in [-0.3, -0.25) is 4.79 Å². The van der Waals surface area contributed by atoms with Gasteiger partial charge in [0.1, 0.15) is 23.9 Å².